The monoisotopic (exact) mass is 386 g/mol. The van der Waals surface area contributed by atoms with E-state index in [0.29, 0.717) is 10.7 Å². The number of ether oxygens (including phenoxy) is 2. The highest BCUT2D eigenvalue weighted by Gasteiger charge is 2.13. The number of thiazole rings is 1. The molecule has 0 saturated heterocycles. The number of benzene rings is 2. The molecule has 0 atom stereocenters. The van der Waals surface area contributed by atoms with E-state index < -0.39 is 5.82 Å². The lowest BCUT2D eigenvalue weighted by Crippen LogP contribution is -2.14. The van der Waals surface area contributed by atoms with Gasteiger partial charge in [-0.2, -0.15) is 0 Å². The van der Waals surface area contributed by atoms with Gasteiger partial charge in [-0.3, -0.25) is 4.79 Å². The van der Waals surface area contributed by atoms with Crippen molar-refractivity contribution >= 4 is 22.4 Å². The molecule has 140 valence electrons. The van der Waals surface area contributed by atoms with Crippen LogP contribution >= 0.6 is 11.3 Å². The number of rotatable bonds is 6. The van der Waals surface area contributed by atoms with Crippen molar-refractivity contribution in [2.75, 3.05) is 19.5 Å². The highest BCUT2D eigenvalue weighted by molar-refractivity contribution is 7.16. The van der Waals surface area contributed by atoms with Gasteiger partial charge in [-0.05, 0) is 48.9 Å². The maximum Gasteiger partial charge on any atom is 0.230 e. The minimum Gasteiger partial charge on any atom is -0.497 e. The molecule has 0 unspecified atom stereocenters. The number of hydrogen-bond acceptors (Lipinski definition) is 5. The summed E-state index contributed by atoms with van der Waals surface area (Å²) < 4.78 is 23.8. The summed E-state index contributed by atoms with van der Waals surface area (Å²) in [6.45, 7) is 1.95. The zero-order valence-corrected chi connectivity index (χ0v) is 16.0. The predicted octanol–water partition coefficient (Wildman–Crippen LogP) is 4.46. The normalized spacial score (nSPS) is 10.5. The van der Waals surface area contributed by atoms with Gasteiger partial charge in [0.15, 0.2) is 16.7 Å². The SMILES string of the molecule is COc1ccc(-c2nc(NC(=O)Cc3ccc(OC)c(F)c3)sc2C)cc1. The number of nitrogens with one attached hydrogen (secondary N) is 1. The first-order valence-corrected chi connectivity index (χ1v) is 9.06. The Morgan fingerprint density at radius 1 is 1.15 bits per heavy atom. The molecule has 1 aromatic heterocycles. The molecule has 3 rings (SSSR count). The third-order valence-corrected chi connectivity index (χ3v) is 4.87. The fourth-order valence-electron chi connectivity index (χ4n) is 2.64. The molecule has 3 aromatic rings. The first-order chi connectivity index (χ1) is 13.0. The fraction of sp³-hybridized carbons (Fsp3) is 0.200. The van der Waals surface area contributed by atoms with Crippen LogP contribution in [-0.2, 0) is 11.2 Å². The number of amides is 1. The van der Waals surface area contributed by atoms with Crippen LogP contribution in [0, 0.1) is 12.7 Å². The number of methoxy groups -OCH3 is 2. The molecule has 0 bridgehead atoms. The lowest BCUT2D eigenvalue weighted by atomic mass is 10.1. The van der Waals surface area contributed by atoms with E-state index in [1.54, 1.807) is 13.2 Å². The number of aryl methyl sites for hydroxylation is 1. The molecule has 7 heteroatoms. The maximum atomic E-state index is 13.7. The molecular weight excluding hydrogens is 367 g/mol. The second-order valence-corrected chi connectivity index (χ2v) is 7.05. The Bertz CT molecular complexity index is 954. The van der Waals surface area contributed by atoms with Gasteiger partial charge in [0.25, 0.3) is 0 Å². The van der Waals surface area contributed by atoms with Crippen LogP contribution in [0.4, 0.5) is 9.52 Å². The van der Waals surface area contributed by atoms with Crippen LogP contribution < -0.4 is 14.8 Å². The number of aromatic nitrogens is 1. The number of carbonyl (C=O) groups is 1. The molecule has 0 aliphatic heterocycles. The Balaban J connectivity index is 1.70. The van der Waals surface area contributed by atoms with E-state index in [0.717, 1.165) is 21.9 Å². The van der Waals surface area contributed by atoms with Gasteiger partial charge in [0.05, 0.1) is 26.3 Å². The Morgan fingerprint density at radius 2 is 1.89 bits per heavy atom. The zero-order valence-electron chi connectivity index (χ0n) is 15.2. The zero-order chi connectivity index (χ0) is 19.4. The third-order valence-electron chi connectivity index (χ3n) is 3.99. The van der Waals surface area contributed by atoms with Gasteiger partial charge < -0.3 is 14.8 Å². The quantitative estimate of drug-likeness (QED) is 0.680. The summed E-state index contributed by atoms with van der Waals surface area (Å²) in [5.41, 5.74) is 2.32. The van der Waals surface area contributed by atoms with E-state index >= 15 is 0 Å². The van der Waals surface area contributed by atoms with Gasteiger partial charge in [-0.25, -0.2) is 9.37 Å². The van der Waals surface area contributed by atoms with Crippen LogP contribution in [0.25, 0.3) is 11.3 Å². The minimum absolute atomic E-state index is 0.0530. The highest BCUT2D eigenvalue weighted by atomic mass is 32.1. The number of halogens is 1. The molecule has 0 aliphatic carbocycles. The van der Waals surface area contributed by atoms with Crippen LogP contribution in [0.15, 0.2) is 42.5 Å². The molecule has 27 heavy (non-hydrogen) atoms. The number of carbonyl (C=O) groups excluding carboxylic acids is 1. The lowest BCUT2D eigenvalue weighted by molar-refractivity contribution is -0.115. The highest BCUT2D eigenvalue weighted by Crippen LogP contribution is 2.31. The minimum atomic E-state index is -0.491. The molecule has 0 spiro atoms. The van der Waals surface area contributed by atoms with Crippen LogP contribution in [0.1, 0.15) is 10.4 Å². The first-order valence-electron chi connectivity index (χ1n) is 8.24. The number of hydrogen-bond donors (Lipinski definition) is 1. The lowest BCUT2D eigenvalue weighted by Gasteiger charge is -2.05. The van der Waals surface area contributed by atoms with Crippen molar-refractivity contribution in [2.24, 2.45) is 0 Å². The molecule has 2 aromatic carbocycles. The van der Waals surface area contributed by atoms with Crippen LogP contribution in [0.3, 0.4) is 0 Å². The summed E-state index contributed by atoms with van der Waals surface area (Å²) in [6, 6.07) is 12.0. The van der Waals surface area contributed by atoms with Crippen molar-refractivity contribution in [1.29, 1.82) is 0 Å². The molecular formula is C20H19FN2O3S. The summed E-state index contributed by atoms with van der Waals surface area (Å²) in [5.74, 6) is 0.176. The van der Waals surface area contributed by atoms with Crippen molar-refractivity contribution < 1.29 is 18.7 Å². The standard InChI is InChI=1S/C20H19FN2O3S/c1-12-19(14-5-7-15(25-2)8-6-14)23-20(27-12)22-18(24)11-13-4-9-17(26-3)16(21)10-13/h4-10H,11H2,1-3H3,(H,22,23,24). The summed E-state index contributed by atoms with van der Waals surface area (Å²) in [7, 11) is 3.02. The average molecular weight is 386 g/mol. The van der Waals surface area contributed by atoms with Crippen LogP contribution in [-0.4, -0.2) is 25.1 Å². The summed E-state index contributed by atoms with van der Waals surface area (Å²) in [4.78, 5) is 17.8. The Hall–Kier alpha value is -2.93. The Labute approximate surface area is 160 Å². The molecule has 0 fully saturated rings. The second-order valence-electron chi connectivity index (χ2n) is 5.85. The van der Waals surface area contributed by atoms with E-state index in [9.17, 15) is 9.18 Å². The molecule has 0 aliphatic rings. The second kappa shape index (κ2) is 8.18. The van der Waals surface area contributed by atoms with Gasteiger partial charge in [-0.15, -0.1) is 11.3 Å². The summed E-state index contributed by atoms with van der Waals surface area (Å²) in [6.07, 6.45) is 0.0530. The van der Waals surface area contributed by atoms with Crippen LogP contribution in [0.5, 0.6) is 11.5 Å². The van der Waals surface area contributed by atoms with E-state index in [-0.39, 0.29) is 18.1 Å². The van der Waals surface area contributed by atoms with Gasteiger partial charge in [0, 0.05) is 10.4 Å². The molecule has 0 radical (unpaired) electrons. The van der Waals surface area contributed by atoms with Crippen LogP contribution in [0.2, 0.25) is 0 Å². The molecule has 0 saturated carbocycles. The summed E-state index contributed by atoms with van der Waals surface area (Å²) in [5, 5.41) is 3.29. The van der Waals surface area contributed by atoms with Crippen molar-refractivity contribution in [3.63, 3.8) is 0 Å². The number of anilines is 1. The topological polar surface area (TPSA) is 60.5 Å². The summed E-state index contributed by atoms with van der Waals surface area (Å²) >= 11 is 1.40. The number of nitrogens with zero attached hydrogens (tertiary/aromatic N) is 1. The Kier molecular flexibility index (Phi) is 5.71. The van der Waals surface area contributed by atoms with Gasteiger partial charge in [0.2, 0.25) is 5.91 Å². The molecule has 1 N–H and O–H groups in total. The molecule has 1 heterocycles. The van der Waals surface area contributed by atoms with Crippen molar-refractivity contribution in [1.82, 2.24) is 4.98 Å². The van der Waals surface area contributed by atoms with E-state index in [1.165, 1.54) is 30.6 Å². The molecule has 1 amide bonds. The van der Waals surface area contributed by atoms with Gasteiger partial charge >= 0.3 is 0 Å². The van der Waals surface area contributed by atoms with Crippen molar-refractivity contribution in [3.05, 3.63) is 58.7 Å². The van der Waals surface area contributed by atoms with E-state index in [4.69, 9.17) is 9.47 Å². The van der Waals surface area contributed by atoms with E-state index in [1.807, 2.05) is 31.2 Å². The van der Waals surface area contributed by atoms with Crippen molar-refractivity contribution in [3.8, 4) is 22.8 Å². The fourth-order valence-corrected chi connectivity index (χ4v) is 3.49. The van der Waals surface area contributed by atoms with Gasteiger partial charge in [0.1, 0.15) is 5.75 Å². The largest absolute Gasteiger partial charge is 0.497 e. The third kappa shape index (κ3) is 4.43. The van der Waals surface area contributed by atoms with Crippen molar-refractivity contribution in [2.45, 2.75) is 13.3 Å². The average Bonchev–Trinajstić information content (AvgIpc) is 3.02. The molecule has 5 nitrogen and oxygen atoms in total. The smallest absolute Gasteiger partial charge is 0.230 e. The Morgan fingerprint density at radius 3 is 2.52 bits per heavy atom. The predicted molar refractivity (Wildman–Crippen MR) is 104 cm³/mol. The van der Waals surface area contributed by atoms with Gasteiger partial charge in [-0.1, -0.05) is 6.07 Å². The maximum absolute atomic E-state index is 13.7. The first kappa shape index (κ1) is 18.8. The van der Waals surface area contributed by atoms with E-state index in [2.05, 4.69) is 10.3 Å².